The minimum Gasteiger partial charge on any atom is -0.381 e. The average molecular weight is 285 g/mol. The molecule has 0 bridgehead atoms. The molecule has 0 saturated carbocycles. The third kappa shape index (κ3) is 3.29. The van der Waals surface area contributed by atoms with E-state index in [1.165, 1.54) is 38.1 Å². The summed E-state index contributed by atoms with van der Waals surface area (Å²) in [5.74, 6) is 1.94. The van der Waals surface area contributed by atoms with Crippen LogP contribution in [0.5, 0.6) is 0 Å². The molecule has 3 aliphatic heterocycles. The van der Waals surface area contributed by atoms with Crippen LogP contribution in [0, 0.1) is 5.92 Å². The largest absolute Gasteiger partial charge is 0.381 e. The van der Waals surface area contributed by atoms with E-state index in [1.54, 1.807) is 0 Å². The first-order valence-corrected chi connectivity index (χ1v) is 8.73. The zero-order valence-electron chi connectivity index (χ0n) is 12.3. The van der Waals surface area contributed by atoms with Crippen LogP contribution in [-0.4, -0.2) is 60.5 Å². The van der Waals surface area contributed by atoms with Crippen molar-refractivity contribution >= 4 is 11.8 Å². The van der Waals surface area contributed by atoms with Crippen LogP contribution in [0.4, 0.5) is 0 Å². The van der Waals surface area contributed by atoms with Gasteiger partial charge in [-0.3, -0.25) is 4.90 Å². The van der Waals surface area contributed by atoms with Gasteiger partial charge in [-0.25, -0.2) is 0 Å². The molecule has 3 aliphatic rings. The highest BCUT2D eigenvalue weighted by molar-refractivity contribution is 8.01. The molecule has 3 saturated heterocycles. The van der Waals surface area contributed by atoms with E-state index in [0.29, 0.717) is 16.9 Å². The molecule has 110 valence electrons. The van der Waals surface area contributed by atoms with E-state index in [1.807, 2.05) is 0 Å². The molecule has 0 radical (unpaired) electrons. The fraction of sp³-hybridized carbons (Fsp3) is 1.00. The Labute approximate surface area is 121 Å². The van der Waals surface area contributed by atoms with Crippen molar-refractivity contribution in [2.45, 2.75) is 50.0 Å². The molecule has 1 spiro atoms. The number of thioether (sulfide) groups is 1. The van der Waals surface area contributed by atoms with Gasteiger partial charge in [-0.05, 0) is 39.0 Å². The molecule has 0 amide bonds. The Bertz CT molecular complexity index is 299. The number of hydrogen-bond acceptors (Lipinski definition) is 4. The van der Waals surface area contributed by atoms with Crippen LogP contribution in [0.2, 0.25) is 0 Å². The molecule has 0 unspecified atom stereocenters. The van der Waals surface area contributed by atoms with E-state index in [0.717, 1.165) is 25.7 Å². The summed E-state index contributed by atoms with van der Waals surface area (Å²) in [6.45, 7) is 9.95. The third-order valence-corrected chi connectivity index (χ3v) is 6.37. The van der Waals surface area contributed by atoms with E-state index in [-0.39, 0.29) is 0 Å². The van der Waals surface area contributed by atoms with Crippen LogP contribution in [0.25, 0.3) is 0 Å². The summed E-state index contributed by atoms with van der Waals surface area (Å²) >= 11 is 2.16. The molecule has 4 heteroatoms. The van der Waals surface area contributed by atoms with Gasteiger partial charge in [0.25, 0.3) is 0 Å². The molecule has 3 heterocycles. The summed E-state index contributed by atoms with van der Waals surface area (Å²) in [4.78, 5) is 2.58. The number of likely N-dealkylation sites (tertiary alicyclic amines) is 1. The van der Waals surface area contributed by atoms with Crippen molar-refractivity contribution in [2.24, 2.45) is 5.92 Å². The maximum absolute atomic E-state index is 6.17. The van der Waals surface area contributed by atoms with Gasteiger partial charge >= 0.3 is 0 Å². The Morgan fingerprint density at radius 2 is 2.05 bits per heavy atom. The molecule has 0 aliphatic carbocycles. The lowest BCUT2D eigenvalue weighted by Gasteiger charge is -2.49. The van der Waals surface area contributed by atoms with Crippen molar-refractivity contribution in [1.82, 2.24) is 4.90 Å². The fourth-order valence-corrected chi connectivity index (χ4v) is 4.95. The topological polar surface area (TPSA) is 21.7 Å². The maximum Gasteiger partial charge on any atom is 0.0680 e. The van der Waals surface area contributed by atoms with Crippen LogP contribution in [0.1, 0.15) is 33.1 Å². The van der Waals surface area contributed by atoms with Crippen molar-refractivity contribution < 1.29 is 9.47 Å². The predicted octanol–water partition coefficient (Wildman–Crippen LogP) is 2.40. The summed E-state index contributed by atoms with van der Waals surface area (Å²) in [5, 5.41) is 0. The molecular weight excluding hydrogens is 258 g/mol. The van der Waals surface area contributed by atoms with Crippen molar-refractivity contribution in [2.75, 3.05) is 38.7 Å². The Balaban J connectivity index is 1.38. The molecule has 0 N–H and O–H groups in total. The van der Waals surface area contributed by atoms with Gasteiger partial charge in [-0.15, -0.1) is 11.8 Å². The molecule has 3 rings (SSSR count). The van der Waals surface area contributed by atoms with E-state index in [4.69, 9.17) is 9.47 Å². The molecule has 0 aromatic heterocycles. The molecule has 3 nitrogen and oxygen atoms in total. The van der Waals surface area contributed by atoms with Gasteiger partial charge in [-0.2, -0.15) is 0 Å². The molecule has 3 fully saturated rings. The zero-order chi connectivity index (χ0) is 13.3. The quantitative estimate of drug-likeness (QED) is 0.790. The van der Waals surface area contributed by atoms with Crippen molar-refractivity contribution in [3.63, 3.8) is 0 Å². The van der Waals surface area contributed by atoms with Gasteiger partial charge in [0.1, 0.15) is 0 Å². The highest BCUT2D eigenvalue weighted by Gasteiger charge is 2.49. The predicted molar refractivity (Wildman–Crippen MR) is 79.8 cm³/mol. The number of rotatable bonds is 4. The molecule has 1 atom stereocenters. The molecule has 0 aromatic carbocycles. The summed E-state index contributed by atoms with van der Waals surface area (Å²) in [6.07, 6.45) is 4.14. The minimum absolute atomic E-state index is 0.502. The Morgan fingerprint density at radius 1 is 1.32 bits per heavy atom. The van der Waals surface area contributed by atoms with Gasteiger partial charge < -0.3 is 9.47 Å². The number of nitrogens with zero attached hydrogens (tertiary/aromatic N) is 1. The second-order valence-electron chi connectivity index (χ2n) is 6.71. The van der Waals surface area contributed by atoms with Crippen LogP contribution < -0.4 is 0 Å². The SMILES string of the molecule is CC(C)N1CC2(C[C@H](OCC3CCOCC3)CS2)C1. The van der Waals surface area contributed by atoms with Crippen LogP contribution in [0.15, 0.2) is 0 Å². The Hall–Kier alpha value is 0.230. The molecule has 0 aromatic rings. The van der Waals surface area contributed by atoms with Gasteiger partial charge in [0.15, 0.2) is 0 Å². The number of ether oxygens (including phenoxy) is 2. The van der Waals surface area contributed by atoms with Gasteiger partial charge in [0.05, 0.1) is 6.10 Å². The first-order valence-electron chi connectivity index (χ1n) is 7.74. The van der Waals surface area contributed by atoms with Gasteiger partial charge in [0.2, 0.25) is 0 Å². The standard InChI is InChI=1S/C15H27NO2S/c1-12(2)16-10-15(11-16)7-14(9-19-15)18-8-13-3-5-17-6-4-13/h12-14H,3-11H2,1-2H3/t14-/m0/s1. The lowest BCUT2D eigenvalue weighted by Crippen LogP contribution is -2.60. The third-order valence-electron chi connectivity index (χ3n) is 4.80. The van der Waals surface area contributed by atoms with Crippen LogP contribution in [-0.2, 0) is 9.47 Å². The van der Waals surface area contributed by atoms with E-state index >= 15 is 0 Å². The summed E-state index contributed by atoms with van der Waals surface area (Å²) < 4.78 is 12.1. The summed E-state index contributed by atoms with van der Waals surface area (Å²) in [7, 11) is 0. The van der Waals surface area contributed by atoms with Crippen molar-refractivity contribution in [3.05, 3.63) is 0 Å². The first-order chi connectivity index (χ1) is 9.17. The van der Waals surface area contributed by atoms with E-state index in [2.05, 4.69) is 30.5 Å². The van der Waals surface area contributed by atoms with Gasteiger partial charge in [-0.1, -0.05) is 0 Å². The van der Waals surface area contributed by atoms with Crippen molar-refractivity contribution in [1.29, 1.82) is 0 Å². The minimum atomic E-state index is 0.502. The number of hydrogen-bond donors (Lipinski definition) is 0. The summed E-state index contributed by atoms with van der Waals surface area (Å²) in [6, 6.07) is 0.702. The Morgan fingerprint density at radius 3 is 2.74 bits per heavy atom. The lowest BCUT2D eigenvalue weighted by molar-refractivity contribution is -0.0150. The lowest BCUT2D eigenvalue weighted by atomic mass is 9.91. The summed E-state index contributed by atoms with van der Waals surface area (Å²) in [5.41, 5.74) is 0. The van der Waals surface area contributed by atoms with E-state index in [9.17, 15) is 0 Å². The maximum atomic E-state index is 6.17. The monoisotopic (exact) mass is 285 g/mol. The fourth-order valence-electron chi connectivity index (χ4n) is 3.37. The van der Waals surface area contributed by atoms with E-state index < -0.39 is 0 Å². The van der Waals surface area contributed by atoms with Crippen LogP contribution >= 0.6 is 11.8 Å². The van der Waals surface area contributed by atoms with Crippen molar-refractivity contribution in [3.8, 4) is 0 Å². The van der Waals surface area contributed by atoms with Crippen LogP contribution in [0.3, 0.4) is 0 Å². The smallest absolute Gasteiger partial charge is 0.0680 e. The van der Waals surface area contributed by atoms with Gasteiger partial charge in [0, 0.05) is 49.5 Å². The first kappa shape index (κ1) is 14.2. The highest BCUT2D eigenvalue weighted by Crippen LogP contribution is 2.46. The molecular formula is C15H27NO2S. The second kappa shape index (κ2) is 5.92. The highest BCUT2D eigenvalue weighted by atomic mass is 32.2. The molecule has 19 heavy (non-hydrogen) atoms. The second-order valence-corrected chi connectivity index (χ2v) is 8.20. The zero-order valence-corrected chi connectivity index (χ0v) is 13.1. The normalized spacial score (nSPS) is 32.1. The Kier molecular flexibility index (Phi) is 4.42. The average Bonchev–Trinajstić information content (AvgIpc) is 2.80.